The Morgan fingerprint density at radius 2 is 2.09 bits per heavy atom. The van der Waals surface area contributed by atoms with Gasteiger partial charge in [0.2, 0.25) is 5.91 Å². The first-order valence-electron chi connectivity index (χ1n) is 7.58. The molecule has 5 heteroatoms. The Labute approximate surface area is 134 Å². The molecule has 2 heterocycles. The van der Waals surface area contributed by atoms with Gasteiger partial charge >= 0.3 is 0 Å². The number of rotatable bonds is 4. The Bertz CT molecular complexity index is 870. The van der Waals surface area contributed by atoms with Gasteiger partial charge in [-0.2, -0.15) is 0 Å². The second kappa shape index (κ2) is 6.20. The fraction of sp³-hybridized carbons (Fsp3) is 0.222. The van der Waals surface area contributed by atoms with Crippen LogP contribution in [0.25, 0.3) is 5.65 Å². The van der Waals surface area contributed by atoms with Gasteiger partial charge in [-0.3, -0.25) is 4.79 Å². The highest BCUT2D eigenvalue weighted by Gasteiger charge is 2.11. The molecule has 0 aliphatic heterocycles. The van der Waals surface area contributed by atoms with Crippen molar-refractivity contribution in [1.29, 1.82) is 0 Å². The van der Waals surface area contributed by atoms with Gasteiger partial charge in [0, 0.05) is 18.1 Å². The van der Waals surface area contributed by atoms with Crippen molar-refractivity contribution in [2.24, 2.45) is 0 Å². The van der Waals surface area contributed by atoms with E-state index in [1.54, 1.807) is 16.7 Å². The molecule has 3 rings (SSSR count). The standard InChI is InChI=1S/C18H18FN3O/c1-3-13-6-4-5-12(2)18(13)21-17(23)9-15-11-22-10-14(19)7-8-16(22)20-15/h4-8,10-11H,3,9H2,1-2H3,(H,21,23). The van der Waals surface area contributed by atoms with Crippen molar-refractivity contribution in [2.75, 3.05) is 5.32 Å². The maximum atomic E-state index is 13.2. The SMILES string of the molecule is CCc1cccc(C)c1NC(=O)Cc1cn2cc(F)ccc2n1. The van der Waals surface area contributed by atoms with Crippen molar-refractivity contribution in [2.45, 2.75) is 26.7 Å². The molecule has 1 N–H and O–H groups in total. The largest absolute Gasteiger partial charge is 0.325 e. The van der Waals surface area contributed by atoms with Gasteiger partial charge in [0.05, 0.1) is 12.1 Å². The summed E-state index contributed by atoms with van der Waals surface area (Å²) in [6.45, 7) is 4.03. The van der Waals surface area contributed by atoms with E-state index in [4.69, 9.17) is 0 Å². The molecule has 0 atom stereocenters. The highest BCUT2D eigenvalue weighted by Crippen LogP contribution is 2.21. The van der Waals surface area contributed by atoms with E-state index in [2.05, 4.69) is 17.2 Å². The van der Waals surface area contributed by atoms with Crippen LogP contribution in [0.2, 0.25) is 0 Å². The number of para-hydroxylation sites is 1. The maximum Gasteiger partial charge on any atom is 0.230 e. The second-order valence-electron chi connectivity index (χ2n) is 5.53. The van der Waals surface area contributed by atoms with Crippen LogP contribution < -0.4 is 5.32 Å². The van der Waals surface area contributed by atoms with Crippen molar-refractivity contribution >= 4 is 17.2 Å². The molecule has 0 spiro atoms. The summed E-state index contributed by atoms with van der Waals surface area (Å²) in [4.78, 5) is 16.6. The third-order valence-corrected chi connectivity index (χ3v) is 3.81. The predicted octanol–water partition coefficient (Wildman–Crippen LogP) is 3.53. The first-order valence-corrected chi connectivity index (χ1v) is 7.58. The number of nitrogens with zero attached hydrogens (tertiary/aromatic N) is 2. The molecule has 1 aromatic carbocycles. The molecule has 0 radical (unpaired) electrons. The van der Waals surface area contributed by atoms with Gasteiger partial charge in [-0.15, -0.1) is 0 Å². The number of anilines is 1. The molecule has 4 nitrogen and oxygen atoms in total. The van der Waals surface area contributed by atoms with E-state index >= 15 is 0 Å². The molecule has 118 valence electrons. The maximum absolute atomic E-state index is 13.2. The van der Waals surface area contributed by atoms with E-state index in [0.29, 0.717) is 11.3 Å². The molecule has 0 unspecified atom stereocenters. The summed E-state index contributed by atoms with van der Waals surface area (Å²) in [5.74, 6) is -0.462. The zero-order chi connectivity index (χ0) is 16.4. The van der Waals surface area contributed by atoms with Crippen molar-refractivity contribution < 1.29 is 9.18 Å². The lowest BCUT2D eigenvalue weighted by Gasteiger charge is -2.12. The number of benzene rings is 1. The number of amides is 1. The highest BCUT2D eigenvalue weighted by molar-refractivity contribution is 5.93. The third kappa shape index (κ3) is 3.23. The molecule has 0 saturated carbocycles. The number of aromatic nitrogens is 2. The minimum atomic E-state index is -0.335. The molecular formula is C18H18FN3O. The first kappa shape index (κ1) is 15.2. The summed E-state index contributed by atoms with van der Waals surface area (Å²) in [6.07, 6.45) is 4.03. The Hall–Kier alpha value is -2.69. The van der Waals surface area contributed by atoms with Gasteiger partial charge in [0.1, 0.15) is 11.5 Å². The van der Waals surface area contributed by atoms with Crippen LogP contribution in [-0.2, 0) is 17.6 Å². The molecule has 2 aromatic heterocycles. The van der Waals surface area contributed by atoms with E-state index in [1.165, 1.54) is 12.3 Å². The van der Waals surface area contributed by atoms with Gasteiger partial charge in [0.25, 0.3) is 0 Å². The molecule has 0 aliphatic rings. The van der Waals surface area contributed by atoms with Crippen molar-refractivity contribution in [3.05, 3.63) is 65.4 Å². The van der Waals surface area contributed by atoms with Crippen LogP contribution in [-0.4, -0.2) is 15.3 Å². The summed E-state index contributed by atoms with van der Waals surface area (Å²) in [5.41, 5.74) is 4.25. The lowest BCUT2D eigenvalue weighted by molar-refractivity contribution is -0.115. The minimum absolute atomic E-state index is 0.127. The van der Waals surface area contributed by atoms with Crippen LogP contribution in [0.15, 0.2) is 42.7 Å². The van der Waals surface area contributed by atoms with Crippen molar-refractivity contribution in [1.82, 2.24) is 9.38 Å². The van der Waals surface area contributed by atoms with Crippen molar-refractivity contribution in [3.8, 4) is 0 Å². The summed E-state index contributed by atoms with van der Waals surface area (Å²) < 4.78 is 14.8. The summed E-state index contributed by atoms with van der Waals surface area (Å²) in [6, 6.07) is 8.92. The Morgan fingerprint density at radius 3 is 2.87 bits per heavy atom. The fourth-order valence-electron chi connectivity index (χ4n) is 2.65. The van der Waals surface area contributed by atoms with E-state index in [1.807, 2.05) is 25.1 Å². The van der Waals surface area contributed by atoms with Crippen LogP contribution in [0.4, 0.5) is 10.1 Å². The average molecular weight is 311 g/mol. The van der Waals surface area contributed by atoms with E-state index in [9.17, 15) is 9.18 Å². The summed E-state index contributed by atoms with van der Waals surface area (Å²) in [7, 11) is 0. The number of imidazole rings is 1. The third-order valence-electron chi connectivity index (χ3n) is 3.81. The molecule has 0 saturated heterocycles. The van der Waals surface area contributed by atoms with Gasteiger partial charge in [0.15, 0.2) is 0 Å². The van der Waals surface area contributed by atoms with Gasteiger partial charge < -0.3 is 9.72 Å². The van der Waals surface area contributed by atoms with Crippen LogP contribution in [0.3, 0.4) is 0 Å². The number of hydrogen-bond donors (Lipinski definition) is 1. The van der Waals surface area contributed by atoms with E-state index < -0.39 is 0 Å². The molecule has 1 amide bonds. The number of carbonyl (C=O) groups is 1. The fourth-order valence-corrected chi connectivity index (χ4v) is 2.65. The number of nitrogens with one attached hydrogen (secondary N) is 1. The Morgan fingerprint density at radius 1 is 1.26 bits per heavy atom. The Balaban J connectivity index is 1.79. The highest BCUT2D eigenvalue weighted by atomic mass is 19.1. The Kier molecular flexibility index (Phi) is 4.10. The normalized spacial score (nSPS) is 10.9. The number of carbonyl (C=O) groups excluding carboxylic acids is 1. The lowest BCUT2D eigenvalue weighted by Crippen LogP contribution is -2.16. The zero-order valence-electron chi connectivity index (χ0n) is 13.1. The molecular weight excluding hydrogens is 293 g/mol. The van der Waals surface area contributed by atoms with Crippen molar-refractivity contribution in [3.63, 3.8) is 0 Å². The predicted molar refractivity (Wildman–Crippen MR) is 88.0 cm³/mol. The molecule has 0 bridgehead atoms. The second-order valence-corrected chi connectivity index (χ2v) is 5.53. The zero-order valence-corrected chi connectivity index (χ0v) is 13.1. The first-order chi connectivity index (χ1) is 11.1. The molecule has 3 aromatic rings. The quantitative estimate of drug-likeness (QED) is 0.801. The van der Waals surface area contributed by atoms with Crippen LogP contribution >= 0.6 is 0 Å². The minimum Gasteiger partial charge on any atom is -0.325 e. The van der Waals surface area contributed by atoms with Crippen LogP contribution in [0.1, 0.15) is 23.7 Å². The van der Waals surface area contributed by atoms with Gasteiger partial charge in [-0.25, -0.2) is 9.37 Å². The summed E-state index contributed by atoms with van der Waals surface area (Å²) in [5, 5.41) is 2.97. The number of aryl methyl sites for hydroxylation is 2. The lowest BCUT2D eigenvalue weighted by atomic mass is 10.1. The van der Waals surface area contributed by atoms with Crippen LogP contribution in [0.5, 0.6) is 0 Å². The molecule has 0 fully saturated rings. The summed E-state index contributed by atoms with van der Waals surface area (Å²) >= 11 is 0. The topological polar surface area (TPSA) is 46.4 Å². The molecule has 0 aliphatic carbocycles. The van der Waals surface area contributed by atoms with E-state index in [0.717, 1.165) is 23.2 Å². The van der Waals surface area contributed by atoms with Gasteiger partial charge in [-0.05, 0) is 36.6 Å². The van der Waals surface area contributed by atoms with Gasteiger partial charge in [-0.1, -0.05) is 25.1 Å². The van der Waals surface area contributed by atoms with E-state index in [-0.39, 0.29) is 18.1 Å². The number of hydrogen-bond acceptors (Lipinski definition) is 2. The monoisotopic (exact) mass is 311 g/mol. The molecule has 23 heavy (non-hydrogen) atoms. The number of fused-ring (bicyclic) bond motifs is 1. The average Bonchev–Trinajstić information content (AvgIpc) is 2.90. The number of halogens is 1. The van der Waals surface area contributed by atoms with Crippen LogP contribution in [0, 0.1) is 12.7 Å². The number of pyridine rings is 1. The smallest absolute Gasteiger partial charge is 0.230 e.